The highest BCUT2D eigenvalue weighted by Crippen LogP contribution is 2.23. The number of anilines is 1. The first-order valence-electron chi connectivity index (χ1n) is 5.37. The van der Waals surface area contributed by atoms with Gasteiger partial charge in [0.2, 0.25) is 0 Å². The largest absolute Gasteiger partial charge is 0.398 e. The van der Waals surface area contributed by atoms with E-state index in [-0.39, 0.29) is 11.7 Å². The van der Waals surface area contributed by atoms with E-state index in [1.54, 1.807) is 19.1 Å². The van der Waals surface area contributed by atoms with E-state index in [0.717, 1.165) is 12.0 Å². The second kappa shape index (κ2) is 3.96. The molecule has 0 fully saturated rings. The third-order valence-corrected chi connectivity index (χ3v) is 2.83. The number of nitrogens with one attached hydrogen (secondary N) is 1. The van der Waals surface area contributed by atoms with E-state index in [2.05, 4.69) is 5.32 Å². The van der Waals surface area contributed by atoms with Gasteiger partial charge in [-0.3, -0.25) is 9.59 Å². The van der Waals surface area contributed by atoms with Crippen molar-refractivity contribution in [3.8, 4) is 0 Å². The minimum Gasteiger partial charge on any atom is -0.398 e. The molecule has 0 bridgehead atoms. The Balaban J connectivity index is 2.55. The van der Waals surface area contributed by atoms with Crippen LogP contribution in [0, 0.1) is 0 Å². The number of fused-ring (bicyclic) bond motifs is 1. The number of ketones is 1. The van der Waals surface area contributed by atoms with Crippen LogP contribution < -0.4 is 11.1 Å². The van der Waals surface area contributed by atoms with Crippen LogP contribution in [0.4, 0.5) is 5.69 Å². The number of nitrogens with two attached hydrogens (primary N) is 1. The van der Waals surface area contributed by atoms with Crippen LogP contribution in [0.3, 0.4) is 0 Å². The van der Waals surface area contributed by atoms with Gasteiger partial charge in [0.25, 0.3) is 5.91 Å². The summed E-state index contributed by atoms with van der Waals surface area (Å²) in [6.07, 6.45) is 1.15. The summed E-state index contributed by atoms with van der Waals surface area (Å²) in [6, 6.07) is 3.31. The molecule has 3 N–H and O–H groups in total. The van der Waals surface area contributed by atoms with Crippen molar-refractivity contribution < 1.29 is 9.59 Å². The van der Waals surface area contributed by atoms with Gasteiger partial charge in [-0.25, -0.2) is 0 Å². The van der Waals surface area contributed by atoms with Crippen LogP contribution in [0.1, 0.15) is 39.6 Å². The molecule has 1 aromatic carbocycles. The predicted octanol–water partition coefficient (Wildman–Crippen LogP) is 1.15. The van der Waals surface area contributed by atoms with E-state index in [1.165, 1.54) is 0 Å². The van der Waals surface area contributed by atoms with Gasteiger partial charge >= 0.3 is 0 Å². The number of carbonyl (C=O) groups is 2. The van der Waals surface area contributed by atoms with E-state index >= 15 is 0 Å². The molecule has 0 radical (unpaired) electrons. The van der Waals surface area contributed by atoms with Gasteiger partial charge < -0.3 is 11.1 Å². The van der Waals surface area contributed by atoms with E-state index in [1.807, 2.05) is 0 Å². The van der Waals surface area contributed by atoms with Crippen molar-refractivity contribution in [2.75, 3.05) is 12.3 Å². The van der Waals surface area contributed by atoms with E-state index < -0.39 is 0 Å². The summed E-state index contributed by atoms with van der Waals surface area (Å²) >= 11 is 0. The fraction of sp³-hybridized carbons (Fsp3) is 0.333. The summed E-state index contributed by atoms with van der Waals surface area (Å²) in [5.41, 5.74) is 8.34. The molecule has 4 heteroatoms. The molecule has 0 atom stereocenters. The van der Waals surface area contributed by atoms with Gasteiger partial charge in [0.15, 0.2) is 5.78 Å². The van der Waals surface area contributed by atoms with Gasteiger partial charge in [-0.2, -0.15) is 0 Å². The first kappa shape index (κ1) is 10.7. The fourth-order valence-corrected chi connectivity index (χ4v) is 1.94. The maximum Gasteiger partial charge on any atom is 0.251 e. The summed E-state index contributed by atoms with van der Waals surface area (Å²) in [4.78, 5) is 23.2. The molecule has 1 aliphatic rings. The van der Waals surface area contributed by atoms with Crippen molar-refractivity contribution in [2.45, 2.75) is 19.8 Å². The molecule has 16 heavy (non-hydrogen) atoms. The van der Waals surface area contributed by atoms with Crippen LogP contribution in [0.5, 0.6) is 0 Å². The number of amides is 1. The molecule has 0 unspecified atom stereocenters. The predicted molar refractivity (Wildman–Crippen MR) is 61.5 cm³/mol. The van der Waals surface area contributed by atoms with Gasteiger partial charge in [0, 0.05) is 29.8 Å². The second-order valence-electron chi connectivity index (χ2n) is 3.87. The molecule has 1 aliphatic heterocycles. The van der Waals surface area contributed by atoms with Crippen molar-refractivity contribution in [2.24, 2.45) is 0 Å². The molecule has 2 rings (SSSR count). The monoisotopic (exact) mass is 218 g/mol. The Bertz CT molecular complexity index is 466. The van der Waals surface area contributed by atoms with Crippen LogP contribution in [-0.2, 0) is 6.42 Å². The Labute approximate surface area is 93.8 Å². The third kappa shape index (κ3) is 1.66. The maximum atomic E-state index is 11.6. The summed E-state index contributed by atoms with van der Waals surface area (Å²) in [5.74, 6) is -0.133. The van der Waals surface area contributed by atoms with Crippen LogP contribution in [0.2, 0.25) is 0 Å². The molecule has 0 spiro atoms. The van der Waals surface area contributed by atoms with Crippen molar-refractivity contribution >= 4 is 17.4 Å². The lowest BCUT2D eigenvalue weighted by molar-refractivity contribution is 0.0946. The average molecular weight is 218 g/mol. The quantitative estimate of drug-likeness (QED) is 0.577. The van der Waals surface area contributed by atoms with Crippen LogP contribution in [-0.4, -0.2) is 18.2 Å². The zero-order valence-corrected chi connectivity index (χ0v) is 9.17. The number of hydrogen-bond donors (Lipinski definition) is 2. The number of Topliss-reactive ketones (excluding diaryl/α,β-unsaturated/α-hetero) is 1. The first-order chi connectivity index (χ1) is 7.63. The molecule has 1 amide bonds. The minimum atomic E-state index is -0.140. The molecule has 0 aromatic heterocycles. The number of nitrogen functional groups attached to an aromatic ring is 1. The maximum absolute atomic E-state index is 11.6. The standard InChI is InChI=1S/C12H14N2O2/c1-2-11(15)7-5-9-8(10(13)6-7)3-4-14-12(9)16/h5-6H,2-4,13H2,1H3,(H,14,16). The molecule has 4 nitrogen and oxygen atoms in total. The Hall–Kier alpha value is -1.84. The van der Waals surface area contributed by atoms with Gasteiger partial charge in [-0.15, -0.1) is 0 Å². The Morgan fingerprint density at radius 3 is 2.94 bits per heavy atom. The lowest BCUT2D eigenvalue weighted by atomic mass is 9.94. The highest BCUT2D eigenvalue weighted by Gasteiger charge is 2.20. The van der Waals surface area contributed by atoms with Crippen molar-refractivity contribution in [3.63, 3.8) is 0 Å². The summed E-state index contributed by atoms with van der Waals surface area (Å²) < 4.78 is 0. The highest BCUT2D eigenvalue weighted by molar-refractivity contribution is 6.03. The third-order valence-electron chi connectivity index (χ3n) is 2.83. The molecule has 0 aliphatic carbocycles. The zero-order chi connectivity index (χ0) is 11.7. The molecule has 1 aromatic rings. The zero-order valence-electron chi connectivity index (χ0n) is 9.17. The fourth-order valence-electron chi connectivity index (χ4n) is 1.94. The van der Waals surface area contributed by atoms with Crippen LogP contribution >= 0.6 is 0 Å². The Kier molecular flexibility index (Phi) is 2.64. The number of hydrogen-bond acceptors (Lipinski definition) is 3. The molecule has 0 saturated carbocycles. The Morgan fingerprint density at radius 1 is 1.50 bits per heavy atom. The van der Waals surface area contributed by atoms with Crippen LogP contribution in [0.15, 0.2) is 12.1 Å². The molecular weight excluding hydrogens is 204 g/mol. The summed E-state index contributed by atoms with van der Waals surface area (Å²) in [6.45, 7) is 2.40. The van der Waals surface area contributed by atoms with Gasteiger partial charge in [0.1, 0.15) is 0 Å². The second-order valence-corrected chi connectivity index (χ2v) is 3.87. The van der Waals surface area contributed by atoms with Crippen molar-refractivity contribution in [3.05, 3.63) is 28.8 Å². The van der Waals surface area contributed by atoms with E-state index in [0.29, 0.717) is 29.8 Å². The van der Waals surface area contributed by atoms with Crippen molar-refractivity contribution in [1.29, 1.82) is 0 Å². The summed E-state index contributed by atoms with van der Waals surface area (Å²) in [5, 5.41) is 2.74. The molecule has 1 heterocycles. The van der Waals surface area contributed by atoms with Gasteiger partial charge in [-0.1, -0.05) is 6.92 Å². The number of rotatable bonds is 2. The SMILES string of the molecule is CCC(=O)c1cc(N)c2c(c1)C(=O)NCC2. The minimum absolute atomic E-state index is 0.00729. The lowest BCUT2D eigenvalue weighted by Gasteiger charge is -2.19. The van der Waals surface area contributed by atoms with E-state index in [4.69, 9.17) is 5.73 Å². The Morgan fingerprint density at radius 2 is 2.25 bits per heavy atom. The summed E-state index contributed by atoms with van der Waals surface area (Å²) in [7, 11) is 0. The molecular formula is C12H14N2O2. The molecule has 84 valence electrons. The van der Waals surface area contributed by atoms with Crippen molar-refractivity contribution in [1.82, 2.24) is 5.32 Å². The van der Waals surface area contributed by atoms with Gasteiger partial charge in [0.05, 0.1) is 0 Å². The van der Waals surface area contributed by atoms with Gasteiger partial charge in [-0.05, 0) is 24.1 Å². The lowest BCUT2D eigenvalue weighted by Crippen LogP contribution is -2.32. The topological polar surface area (TPSA) is 72.2 Å². The molecule has 0 saturated heterocycles. The number of carbonyl (C=O) groups excluding carboxylic acids is 2. The van der Waals surface area contributed by atoms with E-state index in [9.17, 15) is 9.59 Å². The average Bonchev–Trinajstić information content (AvgIpc) is 2.29. The first-order valence-corrected chi connectivity index (χ1v) is 5.37. The highest BCUT2D eigenvalue weighted by atomic mass is 16.1. The number of benzene rings is 1. The normalized spacial score (nSPS) is 14.2. The smallest absolute Gasteiger partial charge is 0.251 e. The van der Waals surface area contributed by atoms with Crippen LogP contribution in [0.25, 0.3) is 0 Å².